The van der Waals surface area contributed by atoms with E-state index in [9.17, 15) is 0 Å². The molecule has 2 heterocycles. The van der Waals surface area contributed by atoms with E-state index in [1.807, 2.05) is 84.4 Å². The van der Waals surface area contributed by atoms with Crippen LogP contribution in [0.4, 0.5) is 0 Å². The predicted octanol–water partition coefficient (Wildman–Crippen LogP) is 8.05. The van der Waals surface area contributed by atoms with Gasteiger partial charge in [0.2, 0.25) is 5.89 Å². The third-order valence-electron chi connectivity index (χ3n) is 6.50. The van der Waals surface area contributed by atoms with Crippen molar-refractivity contribution >= 4 is 39.1 Å². The lowest BCUT2D eigenvalue weighted by Crippen LogP contribution is -2.08. The molecule has 1 saturated carbocycles. The minimum atomic E-state index is -0.256. The van der Waals surface area contributed by atoms with Crippen LogP contribution in [-0.2, 0) is 5.41 Å². The molecule has 5 aromatic rings. The number of halogens is 3. The molecular weight excluding hydrogens is 547 g/mol. The van der Waals surface area contributed by atoms with Gasteiger partial charge in [0.1, 0.15) is 0 Å². The summed E-state index contributed by atoms with van der Waals surface area (Å²) in [5.74, 6) is 1.01. The van der Waals surface area contributed by atoms with Crippen LogP contribution in [0, 0.1) is 6.92 Å². The molecule has 2 aromatic heterocycles. The van der Waals surface area contributed by atoms with Crippen molar-refractivity contribution in [2.75, 3.05) is 0 Å². The monoisotopic (exact) mass is 564 g/mol. The number of aromatic nitrogens is 4. The lowest BCUT2D eigenvalue weighted by Gasteiger charge is -2.10. The minimum absolute atomic E-state index is 0.256. The molecule has 35 heavy (non-hydrogen) atoms. The first-order valence-electron chi connectivity index (χ1n) is 11.2. The Balaban J connectivity index is 1.48. The predicted molar refractivity (Wildman–Crippen MR) is 141 cm³/mol. The third kappa shape index (κ3) is 3.90. The maximum Gasteiger partial charge on any atom is 0.268 e. The molecule has 6 rings (SSSR count). The Hall–Kier alpha value is -2.93. The highest BCUT2D eigenvalue weighted by Crippen LogP contribution is 2.53. The number of rotatable bonds is 5. The van der Waals surface area contributed by atoms with Crippen LogP contribution in [0.1, 0.15) is 29.9 Å². The van der Waals surface area contributed by atoms with Crippen molar-refractivity contribution in [3.8, 4) is 28.5 Å². The SMILES string of the molecule is Cc1c(-c2nnc(C3(c4ccc(Cl)cc4)CC3)o2)nn(-c2ccccc2Br)c1-c1ccc(Cl)cc1. The molecule has 0 atom stereocenters. The summed E-state index contributed by atoms with van der Waals surface area (Å²) in [5.41, 5.74) is 5.29. The van der Waals surface area contributed by atoms with E-state index >= 15 is 0 Å². The van der Waals surface area contributed by atoms with Crippen LogP contribution < -0.4 is 0 Å². The van der Waals surface area contributed by atoms with Crippen LogP contribution in [0.15, 0.2) is 81.7 Å². The lowest BCUT2D eigenvalue weighted by atomic mass is 9.96. The van der Waals surface area contributed by atoms with Crippen molar-refractivity contribution in [3.05, 3.63) is 104 Å². The van der Waals surface area contributed by atoms with Crippen molar-refractivity contribution < 1.29 is 4.42 Å². The summed E-state index contributed by atoms with van der Waals surface area (Å²) >= 11 is 15.9. The summed E-state index contributed by atoms with van der Waals surface area (Å²) in [6, 6.07) is 23.6. The van der Waals surface area contributed by atoms with Crippen LogP contribution in [0.25, 0.3) is 28.5 Å². The highest BCUT2D eigenvalue weighted by atomic mass is 79.9. The van der Waals surface area contributed by atoms with Gasteiger partial charge < -0.3 is 4.42 Å². The molecule has 0 N–H and O–H groups in total. The second-order valence-electron chi connectivity index (χ2n) is 8.69. The van der Waals surface area contributed by atoms with E-state index in [-0.39, 0.29) is 5.41 Å². The fourth-order valence-electron chi connectivity index (χ4n) is 4.48. The van der Waals surface area contributed by atoms with Crippen molar-refractivity contribution in [3.63, 3.8) is 0 Å². The van der Waals surface area contributed by atoms with E-state index < -0.39 is 0 Å². The van der Waals surface area contributed by atoms with E-state index in [1.165, 1.54) is 0 Å². The standard InChI is InChI=1S/C27H19BrCl2N4O/c1-16-23(25-31-32-26(35-25)27(14-15-27)18-8-12-20(30)13-9-18)33-34(22-5-3-2-4-21(22)28)24(16)17-6-10-19(29)11-7-17/h2-13H,14-15H2,1H3. The maximum absolute atomic E-state index is 6.29. The summed E-state index contributed by atoms with van der Waals surface area (Å²) in [6.45, 7) is 2.02. The van der Waals surface area contributed by atoms with Crippen molar-refractivity contribution in [2.24, 2.45) is 0 Å². The molecule has 0 amide bonds. The van der Waals surface area contributed by atoms with Gasteiger partial charge in [-0.25, -0.2) is 4.68 Å². The molecule has 3 aromatic carbocycles. The molecule has 0 bridgehead atoms. The smallest absolute Gasteiger partial charge is 0.268 e. The summed E-state index contributed by atoms with van der Waals surface area (Å²) in [6.07, 6.45) is 1.91. The van der Waals surface area contributed by atoms with Gasteiger partial charge in [-0.3, -0.25) is 0 Å². The van der Waals surface area contributed by atoms with Gasteiger partial charge in [-0.15, -0.1) is 10.2 Å². The fourth-order valence-corrected chi connectivity index (χ4v) is 5.18. The molecule has 1 aliphatic rings. The Morgan fingerprint density at radius 2 is 1.54 bits per heavy atom. The molecule has 1 fully saturated rings. The number of benzene rings is 3. The molecule has 5 nitrogen and oxygen atoms in total. The zero-order chi connectivity index (χ0) is 24.2. The van der Waals surface area contributed by atoms with E-state index in [4.69, 9.17) is 32.7 Å². The highest BCUT2D eigenvalue weighted by Gasteiger charge is 2.51. The van der Waals surface area contributed by atoms with Crippen molar-refractivity contribution in [2.45, 2.75) is 25.2 Å². The Labute approximate surface area is 220 Å². The van der Waals surface area contributed by atoms with Gasteiger partial charge >= 0.3 is 0 Å². The summed E-state index contributed by atoms with van der Waals surface area (Å²) in [5, 5.41) is 15.2. The second-order valence-corrected chi connectivity index (χ2v) is 10.4. The zero-order valence-electron chi connectivity index (χ0n) is 18.7. The minimum Gasteiger partial charge on any atom is -0.418 e. The average molecular weight is 566 g/mol. The molecule has 1 aliphatic carbocycles. The van der Waals surface area contributed by atoms with Crippen LogP contribution >= 0.6 is 39.1 Å². The normalized spacial score (nSPS) is 14.3. The number of hydrogen-bond acceptors (Lipinski definition) is 4. The van der Waals surface area contributed by atoms with Gasteiger partial charge in [0.05, 0.1) is 16.8 Å². The lowest BCUT2D eigenvalue weighted by molar-refractivity contribution is 0.470. The van der Waals surface area contributed by atoms with Crippen molar-refractivity contribution in [1.29, 1.82) is 0 Å². The molecule has 0 aliphatic heterocycles. The van der Waals surface area contributed by atoms with Gasteiger partial charge in [0, 0.05) is 25.6 Å². The third-order valence-corrected chi connectivity index (χ3v) is 7.68. The first kappa shape index (κ1) is 22.5. The Kier molecular flexibility index (Phi) is 5.55. The summed E-state index contributed by atoms with van der Waals surface area (Å²) in [4.78, 5) is 0. The Morgan fingerprint density at radius 3 is 2.20 bits per heavy atom. The molecule has 8 heteroatoms. The largest absolute Gasteiger partial charge is 0.418 e. The average Bonchev–Trinajstić information content (AvgIpc) is 3.39. The topological polar surface area (TPSA) is 56.7 Å². The molecule has 0 spiro atoms. The van der Waals surface area contributed by atoms with Gasteiger partial charge in [0.25, 0.3) is 5.89 Å². The molecular formula is C27H19BrCl2N4O. The Morgan fingerprint density at radius 1 is 0.886 bits per heavy atom. The van der Waals surface area contributed by atoms with Crippen molar-refractivity contribution in [1.82, 2.24) is 20.0 Å². The van der Waals surface area contributed by atoms with E-state index in [1.54, 1.807) is 0 Å². The quantitative estimate of drug-likeness (QED) is 0.216. The van der Waals surface area contributed by atoms with Gasteiger partial charge in [0.15, 0.2) is 5.69 Å². The van der Waals surface area contributed by atoms with Gasteiger partial charge in [-0.1, -0.05) is 59.6 Å². The first-order valence-corrected chi connectivity index (χ1v) is 12.7. The van der Waals surface area contributed by atoms with Gasteiger partial charge in [-0.05, 0) is 77.7 Å². The highest BCUT2D eigenvalue weighted by molar-refractivity contribution is 9.10. The molecule has 0 saturated heterocycles. The van der Waals surface area contributed by atoms with E-state index in [2.05, 4.69) is 26.1 Å². The first-order chi connectivity index (χ1) is 17.0. The van der Waals surface area contributed by atoms with Gasteiger partial charge in [-0.2, -0.15) is 5.10 Å². The second kappa shape index (κ2) is 8.63. The summed E-state index contributed by atoms with van der Waals surface area (Å²) < 4.78 is 9.12. The van der Waals surface area contributed by atoms with Crippen LogP contribution in [0.3, 0.4) is 0 Å². The Bertz CT molecular complexity index is 1540. The number of para-hydroxylation sites is 1. The molecule has 0 unspecified atom stereocenters. The van der Waals surface area contributed by atoms with E-state index in [0.717, 1.165) is 45.4 Å². The maximum atomic E-state index is 6.29. The van der Waals surface area contributed by atoms with Crippen LogP contribution in [0.2, 0.25) is 10.0 Å². The number of hydrogen-bond donors (Lipinski definition) is 0. The fraction of sp³-hybridized carbons (Fsp3) is 0.148. The molecule has 174 valence electrons. The van der Waals surface area contributed by atoms with Crippen LogP contribution in [0.5, 0.6) is 0 Å². The summed E-state index contributed by atoms with van der Waals surface area (Å²) in [7, 11) is 0. The zero-order valence-corrected chi connectivity index (χ0v) is 21.8. The van der Waals surface area contributed by atoms with E-state index in [0.29, 0.717) is 27.5 Å². The number of nitrogens with zero attached hydrogens (tertiary/aromatic N) is 4. The molecule has 0 radical (unpaired) electrons. The van der Waals surface area contributed by atoms with Crippen LogP contribution in [-0.4, -0.2) is 20.0 Å².